The number of aliphatic carboxylic acids is 1. The fourth-order valence-electron chi connectivity index (χ4n) is 1.32. The zero-order valence-electron chi connectivity index (χ0n) is 9.06. The summed E-state index contributed by atoms with van der Waals surface area (Å²) in [7, 11) is 0. The molecule has 0 amide bonds. The molecule has 0 saturated heterocycles. The van der Waals surface area contributed by atoms with Gasteiger partial charge in [-0.1, -0.05) is 19.9 Å². The molecule has 0 bridgehead atoms. The SMILES string of the molecule is Cc1ccc(C(C)(C)C(O)C(=O)O)cn1. The number of hydrogen-bond donors (Lipinski definition) is 2. The number of aliphatic hydroxyl groups excluding tert-OH is 1. The summed E-state index contributed by atoms with van der Waals surface area (Å²) in [6, 6.07) is 3.58. The van der Waals surface area contributed by atoms with Crippen LogP contribution in [0.15, 0.2) is 18.3 Å². The van der Waals surface area contributed by atoms with Crippen molar-refractivity contribution in [3.05, 3.63) is 29.6 Å². The Morgan fingerprint density at radius 2 is 2.07 bits per heavy atom. The van der Waals surface area contributed by atoms with Crippen molar-refractivity contribution >= 4 is 5.97 Å². The molecule has 1 unspecified atom stereocenters. The van der Waals surface area contributed by atoms with E-state index in [0.29, 0.717) is 5.56 Å². The van der Waals surface area contributed by atoms with E-state index in [0.717, 1.165) is 5.69 Å². The lowest BCUT2D eigenvalue weighted by molar-refractivity contribution is -0.150. The van der Waals surface area contributed by atoms with Crippen LogP contribution in [0.2, 0.25) is 0 Å². The third kappa shape index (κ3) is 2.33. The van der Waals surface area contributed by atoms with Crippen LogP contribution in [0.25, 0.3) is 0 Å². The summed E-state index contributed by atoms with van der Waals surface area (Å²) >= 11 is 0. The Hall–Kier alpha value is -1.42. The number of carboxylic acid groups (broad SMARTS) is 1. The molecule has 0 radical (unpaired) electrons. The largest absolute Gasteiger partial charge is 0.479 e. The molecule has 4 heteroatoms. The Kier molecular flexibility index (Phi) is 3.09. The second-order valence-electron chi connectivity index (χ2n) is 4.15. The van der Waals surface area contributed by atoms with Gasteiger partial charge in [0.05, 0.1) is 0 Å². The van der Waals surface area contributed by atoms with Gasteiger partial charge in [0, 0.05) is 17.3 Å². The van der Waals surface area contributed by atoms with Crippen molar-refractivity contribution in [3.8, 4) is 0 Å². The van der Waals surface area contributed by atoms with Crippen LogP contribution in [-0.4, -0.2) is 27.3 Å². The molecule has 0 aliphatic rings. The fraction of sp³-hybridized carbons (Fsp3) is 0.455. The van der Waals surface area contributed by atoms with Gasteiger partial charge in [0.15, 0.2) is 6.10 Å². The third-order valence-corrected chi connectivity index (χ3v) is 2.57. The number of rotatable bonds is 3. The molecule has 0 aliphatic carbocycles. The number of nitrogens with zero attached hydrogens (tertiary/aromatic N) is 1. The van der Waals surface area contributed by atoms with Crippen molar-refractivity contribution in [2.24, 2.45) is 0 Å². The number of pyridine rings is 1. The summed E-state index contributed by atoms with van der Waals surface area (Å²) in [5, 5.41) is 18.3. The summed E-state index contributed by atoms with van der Waals surface area (Å²) in [6.45, 7) is 5.21. The average molecular weight is 209 g/mol. The Bertz CT molecular complexity index is 357. The van der Waals surface area contributed by atoms with Crippen LogP contribution in [-0.2, 0) is 10.2 Å². The van der Waals surface area contributed by atoms with E-state index in [1.54, 1.807) is 32.2 Å². The lowest BCUT2D eigenvalue weighted by Crippen LogP contribution is -2.39. The summed E-state index contributed by atoms with van der Waals surface area (Å²) in [5.74, 6) is -1.22. The Morgan fingerprint density at radius 1 is 1.47 bits per heavy atom. The van der Waals surface area contributed by atoms with Crippen LogP contribution < -0.4 is 0 Å². The molecular formula is C11H15NO3. The predicted octanol–water partition coefficient (Wildman–Crippen LogP) is 1.11. The molecule has 1 heterocycles. The van der Waals surface area contributed by atoms with Gasteiger partial charge >= 0.3 is 5.97 Å². The van der Waals surface area contributed by atoms with Crippen molar-refractivity contribution in [3.63, 3.8) is 0 Å². The molecule has 0 spiro atoms. The first-order valence-corrected chi connectivity index (χ1v) is 4.69. The van der Waals surface area contributed by atoms with Crippen LogP contribution in [0, 0.1) is 6.92 Å². The number of aryl methyl sites for hydroxylation is 1. The van der Waals surface area contributed by atoms with Gasteiger partial charge in [-0.25, -0.2) is 4.79 Å². The van der Waals surface area contributed by atoms with Gasteiger partial charge in [0.25, 0.3) is 0 Å². The highest BCUT2D eigenvalue weighted by atomic mass is 16.4. The van der Waals surface area contributed by atoms with E-state index in [1.807, 2.05) is 6.92 Å². The highest BCUT2D eigenvalue weighted by Gasteiger charge is 2.35. The van der Waals surface area contributed by atoms with Crippen LogP contribution in [0.5, 0.6) is 0 Å². The van der Waals surface area contributed by atoms with E-state index < -0.39 is 17.5 Å². The van der Waals surface area contributed by atoms with Crippen LogP contribution in [0.1, 0.15) is 25.1 Å². The normalized spacial score (nSPS) is 13.6. The molecule has 0 aromatic carbocycles. The van der Waals surface area contributed by atoms with E-state index in [4.69, 9.17) is 5.11 Å². The molecule has 1 atom stereocenters. The summed E-state index contributed by atoms with van der Waals surface area (Å²) in [4.78, 5) is 14.8. The van der Waals surface area contributed by atoms with Crippen molar-refractivity contribution in [1.82, 2.24) is 4.98 Å². The van der Waals surface area contributed by atoms with E-state index >= 15 is 0 Å². The molecule has 15 heavy (non-hydrogen) atoms. The first-order valence-electron chi connectivity index (χ1n) is 4.69. The van der Waals surface area contributed by atoms with Gasteiger partial charge in [0.2, 0.25) is 0 Å². The third-order valence-electron chi connectivity index (χ3n) is 2.57. The minimum absolute atomic E-state index is 0.711. The molecule has 82 valence electrons. The fourth-order valence-corrected chi connectivity index (χ4v) is 1.32. The highest BCUT2D eigenvalue weighted by molar-refractivity contribution is 5.74. The van der Waals surface area contributed by atoms with Crippen LogP contribution in [0.4, 0.5) is 0 Å². The molecule has 2 N–H and O–H groups in total. The standard InChI is InChI=1S/C11H15NO3/c1-7-4-5-8(6-12-7)11(2,3)9(13)10(14)15/h4-6,9,13H,1-3H3,(H,14,15). The van der Waals surface area contributed by atoms with Crippen molar-refractivity contribution in [1.29, 1.82) is 0 Å². The maximum atomic E-state index is 10.7. The Balaban J connectivity index is 3.05. The summed E-state index contributed by atoms with van der Waals surface area (Å²) in [6.07, 6.45) is 0.170. The molecular weight excluding hydrogens is 194 g/mol. The van der Waals surface area contributed by atoms with Crippen molar-refractivity contribution < 1.29 is 15.0 Å². The van der Waals surface area contributed by atoms with Gasteiger partial charge in [-0.2, -0.15) is 0 Å². The number of aliphatic hydroxyl groups is 1. The number of carbonyl (C=O) groups is 1. The second kappa shape index (κ2) is 3.98. The quantitative estimate of drug-likeness (QED) is 0.782. The van der Waals surface area contributed by atoms with Crippen molar-refractivity contribution in [2.45, 2.75) is 32.3 Å². The predicted molar refractivity (Wildman–Crippen MR) is 55.6 cm³/mol. The minimum Gasteiger partial charge on any atom is -0.479 e. The lowest BCUT2D eigenvalue weighted by atomic mass is 9.80. The first kappa shape index (κ1) is 11.7. The summed E-state index contributed by atoms with van der Waals surface area (Å²) in [5.41, 5.74) is 0.731. The Labute approximate surface area is 88.6 Å². The molecule has 0 fully saturated rings. The molecule has 1 aromatic heterocycles. The maximum Gasteiger partial charge on any atom is 0.333 e. The molecule has 4 nitrogen and oxygen atoms in total. The molecule has 1 rings (SSSR count). The van der Waals surface area contributed by atoms with Crippen LogP contribution >= 0.6 is 0 Å². The maximum absolute atomic E-state index is 10.7. The number of carboxylic acids is 1. The van der Waals surface area contributed by atoms with Gasteiger partial charge in [-0.15, -0.1) is 0 Å². The van der Waals surface area contributed by atoms with E-state index in [2.05, 4.69) is 4.98 Å². The lowest BCUT2D eigenvalue weighted by Gasteiger charge is -2.27. The van der Waals surface area contributed by atoms with Gasteiger partial charge in [-0.05, 0) is 18.6 Å². The average Bonchev–Trinajstić information content (AvgIpc) is 2.17. The molecule has 1 aromatic rings. The topological polar surface area (TPSA) is 70.4 Å². The van der Waals surface area contributed by atoms with Crippen molar-refractivity contribution in [2.75, 3.05) is 0 Å². The zero-order valence-corrected chi connectivity index (χ0v) is 9.06. The van der Waals surface area contributed by atoms with Gasteiger partial charge in [-0.3, -0.25) is 4.98 Å². The molecule has 0 aliphatic heterocycles. The van der Waals surface area contributed by atoms with E-state index in [-0.39, 0.29) is 0 Å². The highest BCUT2D eigenvalue weighted by Crippen LogP contribution is 2.26. The molecule has 0 saturated carbocycles. The monoisotopic (exact) mass is 209 g/mol. The number of hydrogen-bond acceptors (Lipinski definition) is 3. The first-order chi connectivity index (χ1) is 6.85. The van der Waals surface area contributed by atoms with Gasteiger partial charge in [0.1, 0.15) is 0 Å². The second-order valence-corrected chi connectivity index (χ2v) is 4.15. The Morgan fingerprint density at radius 3 is 2.47 bits per heavy atom. The number of aromatic nitrogens is 1. The summed E-state index contributed by atoms with van der Waals surface area (Å²) < 4.78 is 0. The van der Waals surface area contributed by atoms with E-state index in [9.17, 15) is 9.90 Å². The van der Waals surface area contributed by atoms with Crippen LogP contribution in [0.3, 0.4) is 0 Å². The minimum atomic E-state index is -1.43. The zero-order chi connectivity index (χ0) is 11.6. The van der Waals surface area contributed by atoms with E-state index in [1.165, 1.54) is 0 Å². The smallest absolute Gasteiger partial charge is 0.333 e. The van der Waals surface area contributed by atoms with Gasteiger partial charge < -0.3 is 10.2 Å².